The molecule has 2 aromatic carbocycles. The highest BCUT2D eigenvalue weighted by Crippen LogP contribution is 2.43. The lowest BCUT2D eigenvalue weighted by atomic mass is 9.80. The lowest BCUT2D eigenvalue weighted by molar-refractivity contribution is -0.137. The van der Waals surface area contributed by atoms with Gasteiger partial charge in [-0.1, -0.05) is 55.7 Å². The van der Waals surface area contributed by atoms with E-state index in [0.29, 0.717) is 17.2 Å². The molecule has 2 heterocycles. The summed E-state index contributed by atoms with van der Waals surface area (Å²) in [6, 6.07) is 15.4. The summed E-state index contributed by atoms with van der Waals surface area (Å²) in [7, 11) is 0. The first kappa shape index (κ1) is 19.7. The van der Waals surface area contributed by atoms with Crippen LogP contribution in [0.3, 0.4) is 0 Å². The van der Waals surface area contributed by atoms with Crippen molar-refractivity contribution in [3.05, 3.63) is 60.2 Å². The Bertz CT molecular complexity index is 1010. The van der Waals surface area contributed by atoms with Gasteiger partial charge in [0.25, 0.3) is 5.91 Å². The van der Waals surface area contributed by atoms with Crippen molar-refractivity contribution in [1.29, 1.82) is 0 Å². The van der Waals surface area contributed by atoms with E-state index in [2.05, 4.69) is 5.32 Å². The molecule has 1 unspecified atom stereocenters. The normalized spacial score (nSPS) is 23.1. The Kier molecular flexibility index (Phi) is 5.14. The van der Waals surface area contributed by atoms with Gasteiger partial charge in [0.2, 0.25) is 12.7 Å². The van der Waals surface area contributed by atoms with Gasteiger partial charge >= 0.3 is 0 Å². The Morgan fingerprint density at radius 3 is 2.58 bits per heavy atom. The average molecular weight is 418 g/mol. The molecule has 2 fully saturated rings. The van der Waals surface area contributed by atoms with Crippen molar-refractivity contribution in [2.24, 2.45) is 0 Å². The van der Waals surface area contributed by atoms with Crippen molar-refractivity contribution in [2.75, 3.05) is 11.7 Å². The van der Waals surface area contributed by atoms with Gasteiger partial charge in [0.1, 0.15) is 0 Å². The van der Waals surface area contributed by atoms with Crippen molar-refractivity contribution in [2.45, 2.75) is 50.1 Å². The number of ether oxygens (including phenoxy) is 2. The topological polar surface area (TPSA) is 67.9 Å². The van der Waals surface area contributed by atoms with Crippen molar-refractivity contribution in [3.63, 3.8) is 0 Å². The second-order valence-corrected chi connectivity index (χ2v) is 8.42. The van der Waals surface area contributed by atoms with Crippen LogP contribution in [0.15, 0.2) is 54.6 Å². The predicted octanol–water partition coefficient (Wildman–Crippen LogP) is 4.05. The van der Waals surface area contributed by atoms with Gasteiger partial charge in [-0.2, -0.15) is 0 Å². The van der Waals surface area contributed by atoms with Gasteiger partial charge < -0.3 is 14.8 Å². The van der Waals surface area contributed by atoms with Crippen LogP contribution in [-0.4, -0.2) is 30.2 Å². The van der Waals surface area contributed by atoms with Crippen molar-refractivity contribution in [3.8, 4) is 11.5 Å². The minimum absolute atomic E-state index is 0.0876. The Balaban J connectivity index is 1.49. The summed E-state index contributed by atoms with van der Waals surface area (Å²) in [5.41, 5.74) is 0.562. The Hall–Kier alpha value is -3.28. The molecule has 0 spiro atoms. The second kappa shape index (κ2) is 8.10. The van der Waals surface area contributed by atoms with E-state index < -0.39 is 5.54 Å². The molecule has 1 saturated heterocycles. The lowest BCUT2D eigenvalue weighted by Gasteiger charge is -2.49. The molecule has 31 heavy (non-hydrogen) atoms. The van der Waals surface area contributed by atoms with Crippen molar-refractivity contribution >= 4 is 23.6 Å². The van der Waals surface area contributed by atoms with Gasteiger partial charge in [-0.25, -0.2) is 0 Å². The number of nitrogens with one attached hydrogen (secondary N) is 1. The number of carbonyl (C=O) groups is 2. The number of amides is 2. The van der Waals surface area contributed by atoms with E-state index in [1.165, 1.54) is 6.42 Å². The molecular weight excluding hydrogens is 392 g/mol. The quantitative estimate of drug-likeness (QED) is 0.744. The van der Waals surface area contributed by atoms with Crippen LogP contribution >= 0.6 is 0 Å². The summed E-state index contributed by atoms with van der Waals surface area (Å²) in [6.45, 7) is 0.161. The van der Waals surface area contributed by atoms with Crippen LogP contribution in [0.25, 0.3) is 6.08 Å². The monoisotopic (exact) mass is 418 g/mol. The first-order valence-electron chi connectivity index (χ1n) is 10.9. The fourth-order valence-corrected chi connectivity index (χ4v) is 4.67. The van der Waals surface area contributed by atoms with E-state index in [-0.39, 0.29) is 31.1 Å². The maximum Gasteiger partial charge on any atom is 0.251 e. The third kappa shape index (κ3) is 3.67. The summed E-state index contributed by atoms with van der Waals surface area (Å²) < 4.78 is 10.9. The average Bonchev–Trinajstić information content (AvgIpc) is 3.25. The van der Waals surface area contributed by atoms with Gasteiger partial charge in [0.15, 0.2) is 17.0 Å². The molecule has 2 aliphatic heterocycles. The van der Waals surface area contributed by atoms with E-state index in [1.54, 1.807) is 17.0 Å². The molecule has 1 aliphatic carbocycles. The van der Waals surface area contributed by atoms with E-state index in [9.17, 15) is 9.59 Å². The van der Waals surface area contributed by atoms with Crippen LogP contribution in [0.1, 0.15) is 44.1 Å². The number of hydrogen-bond acceptors (Lipinski definition) is 4. The number of benzene rings is 2. The van der Waals surface area contributed by atoms with E-state index >= 15 is 0 Å². The highest BCUT2D eigenvalue weighted by Gasteiger charge is 2.56. The first-order chi connectivity index (χ1) is 15.2. The fraction of sp³-hybridized carbons (Fsp3) is 0.360. The third-order valence-electron chi connectivity index (χ3n) is 6.37. The minimum Gasteiger partial charge on any atom is -0.454 e. The van der Waals surface area contributed by atoms with E-state index in [4.69, 9.17) is 9.47 Å². The molecule has 6 heteroatoms. The summed E-state index contributed by atoms with van der Waals surface area (Å²) in [4.78, 5) is 28.0. The highest BCUT2D eigenvalue weighted by molar-refractivity contribution is 6.15. The number of carbonyl (C=O) groups excluding carboxylic acids is 2. The summed E-state index contributed by atoms with van der Waals surface area (Å²) in [5, 5.41) is 3.23. The maximum absolute atomic E-state index is 13.6. The summed E-state index contributed by atoms with van der Waals surface area (Å²) in [5.74, 6) is 1.03. The minimum atomic E-state index is -1.06. The van der Waals surface area contributed by atoms with Gasteiger partial charge in [-0.05, 0) is 36.6 Å². The molecule has 6 nitrogen and oxygen atoms in total. The molecule has 0 bridgehead atoms. The van der Waals surface area contributed by atoms with Crippen LogP contribution in [0.5, 0.6) is 11.5 Å². The molecular formula is C25H26N2O4. The van der Waals surface area contributed by atoms with Crippen LogP contribution in [0.4, 0.5) is 5.69 Å². The Labute approximate surface area is 181 Å². The van der Waals surface area contributed by atoms with Crippen LogP contribution in [0.2, 0.25) is 0 Å². The molecule has 2 amide bonds. The molecule has 160 valence electrons. The molecule has 5 rings (SSSR count). The number of hydrogen-bond donors (Lipinski definition) is 1. The number of rotatable bonds is 5. The van der Waals surface area contributed by atoms with Gasteiger partial charge in [0, 0.05) is 17.8 Å². The number of β-lactam (4-membered cyclic amide) rings is 1. The van der Waals surface area contributed by atoms with Crippen LogP contribution in [0, 0.1) is 0 Å². The lowest BCUT2D eigenvalue weighted by Crippen LogP contribution is -2.70. The zero-order valence-corrected chi connectivity index (χ0v) is 17.4. The molecule has 2 aromatic rings. The zero-order valence-electron chi connectivity index (χ0n) is 17.4. The molecule has 3 aliphatic rings. The predicted molar refractivity (Wildman–Crippen MR) is 118 cm³/mol. The number of fused-ring (bicyclic) bond motifs is 1. The second-order valence-electron chi connectivity index (χ2n) is 8.42. The van der Waals surface area contributed by atoms with Gasteiger partial charge in [0.05, 0.1) is 6.42 Å². The Morgan fingerprint density at radius 1 is 1.03 bits per heavy atom. The van der Waals surface area contributed by atoms with Crippen molar-refractivity contribution < 1.29 is 19.1 Å². The summed E-state index contributed by atoms with van der Waals surface area (Å²) in [6.07, 6.45) is 9.38. The van der Waals surface area contributed by atoms with Crippen LogP contribution in [-0.2, 0) is 9.59 Å². The SMILES string of the molecule is O=C1CC(/C=C/c2ccccc2)(C(=O)NC2CCCCC2)N1c1ccc2c(c1)OCO2. The maximum atomic E-state index is 13.6. The number of anilines is 1. The van der Waals surface area contributed by atoms with Gasteiger partial charge in [-0.3, -0.25) is 14.5 Å². The zero-order chi connectivity index (χ0) is 21.3. The molecule has 0 aromatic heterocycles. The largest absolute Gasteiger partial charge is 0.454 e. The third-order valence-corrected chi connectivity index (χ3v) is 6.37. The van der Waals surface area contributed by atoms with E-state index in [1.807, 2.05) is 48.6 Å². The van der Waals surface area contributed by atoms with Crippen molar-refractivity contribution in [1.82, 2.24) is 5.32 Å². The highest BCUT2D eigenvalue weighted by atomic mass is 16.7. The number of nitrogens with zero attached hydrogens (tertiary/aromatic N) is 1. The Morgan fingerprint density at radius 2 is 1.81 bits per heavy atom. The fourth-order valence-electron chi connectivity index (χ4n) is 4.67. The molecule has 1 saturated carbocycles. The van der Waals surface area contributed by atoms with Gasteiger partial charge in [-0.15, -0.1) is 0 Å². The first-order valence-corrected chi connectivity index (χ1v) is 10.9. The standard InChI is InChI=1S/C25H26N2O4/c28-23-16-25(14-13-18-7-3-1-4-8-18,24(29)26-19-9-5-2-6-10-19)27(23)20-11-12-21-22(15-20)31-17-30-21/h1,3-4,7-8,11-15,19H,2,5-6,9-10,16-17H2,(H,26,29)/b14-13+. The van der Waals surface area contributed by atoms with E-state index in [0.717, 1.165) is 31.2 Å². The molecule has 0 radical (unpaired) electrons. The molecule has 1 N–H and O–H groups in total. The molecule has 1 atom stereocenters. The summed E-state index contributed by atoms with van der Waals surface area (Å²) >= 11 is 0. The smallest absolute Gasteiger partial charge is 0.251 e. The van der Waals surface area contributed by atoms with Crippen LogP contribution < -0.4 is 19.7 Å².